The molecule has 0 spiro atoms. The molecule has 1 unspecified atom stereocenters. The number of hydrogen-bond donors (Lipinski definition) is 1. The number of amides is 1. The second-order valence-corrected chi connectivity index (χ2v) is 5.98. The molecule has 0 radical (unpaired) electrons. The number of carbonyl (C=O) groups is 1. The van der Waals surface area contributed by atoms with Gasteiger partial charge in [-0.1, -0.05) is 0 Å². The number of nitrogens with zero attached hydrogens (tertiary/aromatic N) is 3. The Labute approximate surface area is 153 Å². The molecule has 1 aliphatic rings. The molecule has 1 atom stereocenters. The van der Waals surface area contributed by atoms with Gasteiger partial charge in [-0.25, -0.2) is 9.18 Å². The van der Waals surface area contributed by atoms with Crippen LogP contribution in [0.3, 0.4) is 0 Å². The quantitative estimate of drug-likeness (QED) is 0.637. The zero-order valence-corrected chi connectivity index (χ0v) is 15.6. The van der Waals surface area contributed by atoms with E-state index in [0.29, 0.717) is 45.1 Å². The van der Waals surface area contributed by atoms with Crippen LogP contribution in [0, 0.1) is 5.82 Å². The van der Waals surface area contributed by atoms with Crippen molar-refractivity contribution in [1.82, 2.24) is 15.1 Å². The van der Waals surface area contributed by atoms with Crippen LogP contribution in [0.4, 0.5) is 9.18 Å². The standard InChI is InChI=1S/C18H27FN4O3/c1-4-25-18(24)23-11-9-22(10-12-23)17(20-3)21-13-14(2)26-16-7-5-15(19)6-8-16/h5-8,14H,4,9-13H2,1-3H3,(H,20,21). The first-order valence-corrected chi connectivity index (χ1v) is 8.83. The van der Waals surface area contributed by atoms with Crippen molar-refractivity contribution in [2.75, 3.05) is 46.4 Å². The van der Waals surface area contributed by atoms with E-state index in [1.807, 2.05) is 6.92 Å². The lowest BCUT2D eigenvalue weighted by Crippen LogP contribution is -2.54. The van der Waals surface area contributed by atoms with Crippen LogP contribution in [0.5, 0.6) is 5.75 Å². The minimum atomic E-state index is -0.287. The monoisotopic (exact) mass is 366 g/mol. The summed E-state index contributed by atoms with van der Waals surface area (Å²) in [5.74, 6) is 1.10. The molecule has 1 aromatic rings. The van der Waals surface area contributed by atoms with Gasteiger partial charge in [-0.3, -0.25) is 4.99 Å². The van der Waals surface area contributed by atoms with E-state index in [4.69, 9.17) is 9.47 Å². The minimum absolute atomic E-state index is 0.113. The number of halogens is 1. The van der Waals surface area contributed by atoms with Gasteiger partial charge in [-0.05, 0) is 38.1 Å². The minimum Gasteiger partial charge on any atom is -0.489 e. The van der Waals surface area contributed by atoms with Crippen LogP contribution >= 0.6 is 0 Å². The maximum Gasteiger partial charge on any atom is 0.409 e. The maximum absolute atomic E-state index is 12.9. The van der Waals surface area contributed by atoms with E-state index in [2.05, 4.69) is 15.2 Å². The molecular weight excluding hydrogens is 339 g/mol. The summed E-state index contributed by atoms with van der Waals surface area (Å²) in [6, 6.07) is 5.96. The lowest BCUT2D eigenvalue weighted by molar-refractivity contribution is 0.0913. The van der Waals surface area contributed by atoms with Crippen molar-refractivity contribution in [3.8, 4) is 5.75 Å². The van der Waals surface area contributed by atoms with Gasteiger partial charge >= 0.3 is 6.09 Å². The maximum atomic E-state index is 12.9. The number of nitrogens with one attached hydrogen (secondary N) is 1. The van der Waals surface area contributed by atoms with Gasteiger partial charge in [0, 0.05) is 33.2 Å². The summed E-state index contributed by atoms with van der Waals surface area (Å²) in [5, 5.41) is 3.28. The van der Waals surface area contributed by atoms with Gasteiger partial charge in [0.2, 0.25) is 0 Å². The summed E-state index contributed by atoms with van der Waals surface area (Å²) in [7, 11) is 1.73. The molecule has 1 aromatic carbocycles. The zero-order chi connectivity index (χ0) is 18.9. The van der Waals surface area contributed by atoms with Crippen molar-refractivity contribution in [2.24, 2.45) is 4.99 Å². The van der Waals surface area contributed by atoms with E-state index in [1.165, 1.54) is 12.1 Å². The SMILES string of the molecule is CCOC(=O)N1CCN(C(=NC)NCC(C)Oc2ccc(F)cc2)CC1. The molecule has 1 N–H and O–H groups in total. The first-order valence-electron chi connectivity index (χ1n) is 8.83. The fourth-order valence-electron chi connectivity index (χ4n) is 2.67. The second-order valence-electron chi connectivity index (χ2n) is 5.98. The third kappa shape index (κ3) is 5.79. The largest absolute Gasteiger partial charge is 0.489 e. The van der Waals surface area contributed by atoms with E-state index in [-0.39, 0.29) is 18.0 Å². The molecule has 7 nitrogen and oxygen atoms in total. The molecule has 1 aliphatic heterocycles. The Morgan fingerprint density at radius 1 is 1.23 bits per heavy atom. The van der Waals surface area contributed by atoms with Crippen LogP contribution in [0.15, 0.2) is 29.3 Å². The van der Waals surface area contributed by atoms with E-state index in [0.717, 1.165) is 5.96 Å². The van der Waals surface area contributed by atoms with E-state index in [1.54, 1.807) is 31.0 Å². The van der Waals surface area contributed by atoms with Crippen LogP contribution in [0.1, 0.15) is 13.8 Å². The van der Waals surface area contributed by atoms with Gasteiger partial charge in [0.25, 0.3) is 0 Å². The summed E-state index contributed by atoms with van der Waals surface area (Å²) >= 11 is 0. The Kier molecular flexibility index (Phi) is 7.50. The number of piperazine rings is 1. The predicted octanol–water partition coefficient (Wildman–Crippen LogP) is 1.94. The predicted molar refractivity (Wildman–Crippen MR) is 98.0 cm³/mol. The Morgan fingerprint density at radius 3 is 2.42 bits per heavy atom. The number of hydrogen-bond acceptors (Lipinski definition) is 4. The van der Waals surface area contributed by atoms with Gasteiger partial charge in [0.1, 0.15) is 17.7 Å². The van der Waals surface area contributed by atoms with Crippen LogP contribution in [0.25, 0.3) is 0 Å². The van der Waals surface area contributed by atoms with Gasteiger partial charge in [-0.15, -0.1) is 0 Å². The highest BCUT2D eigenvalue weighted by atomic mass is 19.1. The summed E-state index contributed by atoms with van der Waals surface area (Å²) in [5.41, 5.74) is 0. The molecule has 1 saturated heterocycles. The molecule has 0 aliphatic carbocycles. The Hall–Kier alpha value is -2.51. The lowest BCUT2D eigenvalue weighted by Gasteiger charge is -2.36. The van der Waals surface area contributed by atoms with Crippen molar-refractivity contribution >= 4 is 12.1 Å². The van der Waals surface area contributed by atoms with Gasteiger partial charge in [0.15, 0.2) is 5.96 Å². The van der Waals surface area contributed by atoms with Gasteiger partial charge in [-0.2, -0.15) is 0 Å². The van der Waals surface area contributed by atoms with Crippen LogP contribution in [0.2, 0.25) is 0 Å². The third-order valence-corrected chi connectivity index (χ3v) is 4.02. The van der Waals surface area contributed by atoms with Crippen LogP contribution in [-0.2, 0) is 4.74 Å². The highest BCUT2D eigenvalue weighted by Crippen LogP contribution is 2.12. The van der Waals surface area contributed by atoms with Crippen molar-refractivity contribution < 1.29 is 18.7 Å². The van der Waals surface area contributed by atoms with Gasteiger partial charge < -0.3 is 24.6 Å². The number of ether oxygens (including phenoxy) is 2. The van der Waals surface area contributed by atoms with Crippen molar-refractivity contribution in [3.05, 3.63) is 30.1 Å². The molecule has 1 fully saturated rings. The number of carbonyl (C=O) groups excluding carboxylic acids is 1. The average molecular weight is 366 g/mol. The molecular formula is C18H27FN4O3. The Bertz CT molecular complexity index is 601. The van der Waals surface area contributed by atoms with E-state index < -0.39 is 0 Å². The summed E-state index contributed by atoms with van der Waals surface area (Å²) in [6.45, 7) is 7.24. The smallest absolute Gasteiger partial charge is 0.409 e. The third-order valence-electron chi connectivity index (χ3n) is 4.02. The topological polar surface area (TPSA) is 66.4 Å². The van der Waals surface area contributed by atoms with Crippen molar-refractivity contribution in [2.45, 2.75) is 20.0 Å². The molecule has 26 heavy (non-hydrogen) atoms. The van der Waals surface area contributed by atoms with Crippen molar-refractivity contribution in [3.63, 3.8) is 0 Å². The van der Waals surface area contributed by atoms with Crippen LogP contribution in [-0.4, -0.2) is 74.3 Å². The zero-order valence-electron chi connectivity index (χ0n) is 15.6. The summed E-state index contributed by atoms with van der Waals surface area (Å²) in [4.78, 5) is 19.9. The lowest BCUT2D eigenvalue weighted by atomic mass is 10.3. The molecule has 144 valence electrons. The number of guanidine groups is 1. The number of aliphatic imine (C=N–C) groups is 1. The Balaban J connectivity index is 1.77. The molecule has 2 rings (SSSR count). The van der Waals surface area contributed by atoms with E-state index >= 15 is 0 Å². The first-order chi connectivity index (χ1) is 12.5. The molecule has 0 aromatic heterocycles. The highest BCUT2D eigenvalue weighted by molar-refractivity contribution is 5.80. The number of rotatable bonds is 5. The van der Waals surface area contributed by atoms with Crippen LogP contribution < -0.4 is 10.1 Å². The highest BCUT2D eigenvalue weighted by Gasteiger charge is 2.23. The normalized spacial score (nSPS) is 16.2. The fourth-order valence-corrected chi connectivity index (χ4v) is 2.67. The molecule has 1 heterocycles. The summed E-state index contributed by atoms with van der Waals surface area (Å²) in [6.07, 6.45) is -0.380. The first kappa shape index (κ1) is 19.8. The molecule has 8 heteroatoms. The second kappa shape index (κ2) is 9.84. The molecule has 0 bridgehead atoms. The van der Waals surface area contributed by atoms with Gasteiger partial charge in [0.05, 0.1) is 13.2 Å². The fraction of sp³-hybridized carbons (Fsp3) is 0.556. The number of benzene rings is 1. The Morgan fingerprint density at radius 2 is 1.85 bits per heavy atom. The van der Waals surface area contributed by atoms with Crippen molar-refractivity contribution in [1.29, 1.82) is 0 Å². The molecule has 1 amide bonds. The molecule has 0 saturated carbocycles. The average Bonchev–Trinajstić information content (AvgIpc) is 2.65. The summed E-state index contributed by atoms with van der Waals surface area (Å²) < 4.78 is 23.7. The van der Waals surface area contributed by atoms with E-state index in [9.17, 15) is 9.18 Å².